The van der Waals surface area contributed by atoms with Crippen LogP contribution >= 0.6 is 0 Å². The minimum absolute atomic E-state index is 0. The van der Waals surface area contributed by atoms with Gasteiger partial charge in [0.25, 0.3) is 0 Å². The van der Waals surface area contributed by atoms with Gasteiger partial charge in [0.1, 0.15) is 0 Å². The van der Waals surface area contributed by atoms with Gasteiger partial charge in [-0.1, -0.05) is 16.7 Å². The minimum atomic E-state index is -5.35. The molecule has 0 saturated carbocycles. The number of hydrogen-bond acceptors (Lipinski definition) is 0. The van der Waals surface area contributed by atoms with Crippen molar-refractivity contribution in [2.75, 3.05) is 0 Å². The van der Waals surface area contributed by atoms with Gasteiger partial charge in [-0.05, 0) is 0 Å². The first kappa shape index (κ1) is 18.3. The zero-order chi connectivity index (χ0) is 14.4. The van der Waals surface area contributed by atoms with Crippen molar-refractivity contribution in [1.82, 2.24) is 0 Å². The summed E-state index contributed by atoms with van der Waals surface area (Å²) in [6.45, 7) is 0. The zero-order valence-electron chi connectivity index (χ0n) is 8.46. The quantitative estimate of drug-likeness (QED) is 0.354. The largest absolute Gasteiger partial charge is 0.394 e. The van der Waals surface area contributed by atoms with E-state index in [2.05, 4.69) is 0 Å². The van der Waals surface area contributed by atoms with E-state index in [1.807, 2.05) is 0 Å². The SMILES string of the molecule is FC(F)(F)c1[c-]c(C(F)(F)F)cc(C(F)(F)F)c1.[Mo]. The van der Waals surface area contributed by atoms with Crippen molar-refractivity contribution in [1.29, 1.82) is 0 Å². The fourth-order valence-corrected chi connectivity index (χ4v) is 1.04. The molecule has 0 nitrogen and oxygen atoms in total. The third-order valence-corrected chi connectivity index (χ3v) is 1.81. The van der Waals surface area contributed by atoms with Crippen LogP contribution in [0.4, 0.5) is 39.5 Å². The van der Waals surface area contributed by atoms with Crippen molar-refractivity contribution in [2.45, 2.75) is 18.5 Å². The Hall–Kier alpha value is -0.722. The maximum atomic E-state index is 12.2. The molecular weight excluding hydrogens is 375 g/mol. The Bertz CT molecular complexity index is 361. The summed E-state index contributed by atoms with van der Waals surface area (Å²) in [5, 5.41) is 0. The van der Waals surface area contributed by atoms with Gasteiger partial charge in [-0.25, -0.2) is 0 Å². The Kier molecular flexibility index (Phi) is 5.14. The van der Waals surface area contributed by atoms with Crippen molar-refractivity contribution in [3.8, 4) is 0 Å². The topological polar surface area (TPSA) is 0 Å². The molecule has 0 fully saturated rings. The van der Waals surface area contributed by atoms with Gasteiger partial charge >= 0.3 is 18.5 Å². The molecule has 0 N–H and O–H groups in total. The summed E-state index contributed by atoms with van der Waals surface area (Å²) in [5.41, 5.74) is -6.27. The van der Waals surface area contributed by atoms with Gasteiger partial charge in [0.05, 0.1) is 0 Å². The third kappa shape index (κ3) is 4.71. The maximum absolute atomic E-state index is 12.2. The number of hydrogen-bond donors (Lipinski definition) is 0. The standard InChI is InChI=1S/C9H2F9.Mo/c10-7(11,12)4-1-5(8(13,14)15)3-6(2-4)9(16,17)18;/h1-2H;/q-1;. The molecule has 19 heavy (non-hydrogen) atoms. The van der Waals surface area contributed by atoms with E-state index in [1.54, 1.807) is 0 Å². The van der Waals surface area contributed by atoms with Crippen LogP contribution in [0.2, 0.25) is 0 Å². The minimum Gasteiger partial charge on any atom is -0.168 e. The van der Waals surface area contributed by atoms with Gasteiger partial charge in [0.15, 0.2) is 0 Å². The first-order chi connectivity index (χ1) is 7.82. The number of rotatable bonds is 0. The first-order valence-corrected chi connectivity index (χ1v) is 4.11. The van der Waals surface area contributed by atoms with Gasteiger partial charge in [-0.3, -0.25) is 0 Å². The molecule has 0 aromatic heterocycles. The van der Waals surface area contributed by atoms with E-state index >= 15 is 0 Å². The monoisotopic (exact) mass is 379 g/mol. The summed E-state index contributed by atoms with van der Waals surface area (Å²) in [4.78, 5) is 0. The van der Waals surface area contributed by atoms with Crippen molar-refractivity contribution in [3.05, 3.63) is 34.9 Å². The van der Waals surface area contributed by atoms with E-state index in [1.165, 1.54) is 0 Å². The van der Waals surface area contributed by atoms with Crippen LogP contribution in [0, 0.1) is 6.07 Å². The number of alkyl halides is 9. The summed E-state index contributed by atoms with van der Waals surface area (Å²) in [6, 6.07) is 0.0440. The van der Waals surface area contributed by atoms with E-state index in [9.17, 15) is 39.5 Å². The van der Waals surface area contributed by atoms with Crippen LogP contribution in [0.5, 0.6) is 0 Å². The molecule has 0 unspecified atom stereocenters. The first-order valence-electron chi connectivity index (χ1n) is 4.11. The molecule has 1 aromatic carbocycles. The molecular formula is C9H2F9Mo-. The Labute approximate surface area is 114 Å². The fraction of sp³-hybridized carbons (Fsp3) is 0.333. The normalized spacial score (nSPS) is 13.1. The fourth-order valence-electron chi connectivity index (χ4n) is 1.04. The molecule has 0 heterocycles. The van der Waals surface area contributed by atoms with Crippen LogP contribution in [0.25, 0.3) is 0 Å². The van der Waals surface area contributed by atoms with Gasteiger partial charge in [-0.15, -0.1) is 12.1 Å². The molecule has 0 saturated heterocycles. The summed E-state index contributed by atoms with van der Waals surface area (Å²) >= 11 is 0. The van der Waals surface area contributed by atoms with E-state index in [-0.39, 0.29) is 21.1 Å². The van der Waals surface area contributed by atoms with Crippen molar-refractivity contribution in [3.63, 3.8) is 0 Å². The predicted octanol–water partition coefficient (Wildman–Crippen LogP) is 4.54. The van der Waals surface area contributed by atoms with Crippen molar-refractivity contribution < 1.29 is 60.6 Å². The maximum Gasteiger partial charge on any atom is 0.394 e. The Morgan fingerprint density at radius 2 is 0.947 bits per heavy atom. The molecule has 1 rings (SSSR count). The molecule has 0 bridgehead atoms. The van der Waals surface area contributed by atoms with Crippen molar-refractivity contribution >= 4 is 0 Å². The van der Waals surface area contributed by atoms with Gasteiger partial charge < -0.3 is 0 Å². The summed E-state index contributed by atoms with van der Waals surface area (Å²) < 4.78 is 109. The second-order valence-corrected chi connectivity index (χ2v) is 3.19. The van der Waals surface area contributed by atoms with E-state index in [0.717, 1.165) is 6.07 Å². The smallest absolute Gasteiger partial charge is 0.168 e. The van der Waals surface area contributed by atoms with Gasteiger partial charge in [-0.2, -0.15) is 45.6 Å². The van der Waals surface area contributed by atoms with Crippen LogP contribution in [0.1, 0.15) is 16.7 Å². The summed E-state index contributed by atoms with van der Waals surface area (Å²) in [5.74, 6) is 0. The van der Waals surface area contributed by atoms with Gasteiger partial charge in [0, 0.05) is 21.1 Å². The van der Waals surface area contributed by atoms with Crippen LogP contribution in [0.3, 0.4) is 0 Å². The molecule has 0 aliphatic heterocycles. The number of benzene rings is 1. The third-order valence-electron chi connectivity index (χ3n) is 1.81. The second-order valence-electron chi connectivity index (χ2n) is 3.19. The molecule has 0 spiro atoms. The van der Waals surface area contributed by atoms with Crippen LogP contribution in [-0.2, 0) is 39.6 Å². The molecule has 0 radical (unpaired) electrons. The average Bonchev–Trinajstić information content (AvgIpc) is 2.13. The number of halogens is 9. The van der Waals surface area contributed by atoms with E-state index in [0.29, 0.717) is 0 Å². The molecule has 0 amide bonds. The summed E-state index contributed by atoms with van der Waals surface area (Å²) in [7, 11) is 0. The van der Waals surface area contributed by atoms with Crippen LogP contribution in [0.15, 0.2) is 12.1 Å². The van der Waals surface area contributed by atoms with E-state index in [4.69, 9.17) is 0 Å². The van der Waals surface area contributed by atoms with Gasteiger partial charge in [0.2, 0.25) is 0 Å². The Morgan fingerprint density at radius 1 is 0.632 bits per heavy atom. The van der Waals surface area contributed by atoms with Crippen LogP contribution in [-0.4, -0.2) is 0 Å². The molecule has 0 aliphatic rings. The van der Waals surface area contributed by atoms with E-state index < -0.39 is 47.4 Å². The summed E-state index contributed by atoms with van der Waals surface area (Å²) in [6.07, 6.45) is -16.0. The van der Waals surface area contributed by atoms with Crippen molar-refractivity contribution in [2.24, 2.45) is 0 Å². The molecule has 1 aromatic rings. The average molecular weight is 377 g/mol. The zero-order valence-corrected chi connectivity index (χ0v) is 10.5. The molecule has 0 atom stereocenters. The molecule has 0 aliphatic carbocycles. The predicted molar refractivity (Wildman–Crippen MR) is 40.3 cm³/mol. The van der Waals surface area contributed by atoms with Crippen LogP contribution < -0.4 is 0 Å². The molecule has 10 heteroatoms. The Morgan fingerprint density at radius 3 is 1.16 bits per heavy atom. The second kappa shape index (κ2) is 5.34. The Balaban J connectivity index is 0.00000324. The molecule has 108 valence electrons.